The maximum atomic E-state index is 12.4. The highest BCUT2D eigenvalue weighted by atomic mass is 32.2. The molecule has 1 spiro atoms. The molecule has 2 saturated heterocycles. The van der Waals surface area contributed by atoms with Crippen LogP contribution in [0.5, 0.6) is 0 Å². The van der Waals surface area contributed by atoms with Crippen LogP contribution in [-0.4, -0.2) is 50.9 Å². The van der Waals surface area contributed by atoms with Gasteiger partial charge in [-0.3, -0.25) is 0 Å². The van der Waals surface area contributed by atoms with Crippen LogP contribution in [-0.2, 0) is 19.3 Å². The SMILES string of the molecule is CC(N)CCS(=O)(=O)C1CCOC2(CCOCC2)C1. The summed E-state index contributed by atoms with van der Waals surface area (Å²) in [6.45, 7) is 3.74. The summed E-state index contributed by atoms with van der Waals surface area (Å²) >= 11 is 0. The Morgan fingerprint density at radius 2 is 2.00 bits per heavy atom. The molecule has 2 aliphatic heterocycles. The van der Waals surface area contributed by atoms with Gasteiger partial charge in [0.05, 0.1) is 16.6 Å². The van der Waals surface area contributed by atoms with Crippen molar-refractivity contribution in [3.8, 4) is 0 Å². The van der Waals surface area contributed by atoms with E-state index in [1.807, 2.05) is 6.92 Å². The number of sulfone groups is 1. The minimum absolute atomic E-state index is 0.0633. The van der Waals surface area contributed by atoms with Crippen LogP contribution >= 0.6 is 0 Å². The highest BCUT2D eigenvalue weighted by Crippen LogP contribution is 2.36. The molecule has 19 heavy (non-hydrogen) atoms. The van der Waals surface area contributed by atoms with E-state index in [1.54, 1.807) is 0 Å². The van der Waals surface area contributed by atoms with Crippen molar-refractivity contribution < 1.29 is 17.9 Å². The molecule has 0 bridgehead atoms. The molecule has 5 nitrogen and oxygen atoms in total. The van der Waals surface area contributed by atoms with Crippen LogP contribution in [0.15, 0.2) is 0 Å². The van der Waals surface area contributed by atoms with Gasteiger partial charge in [0.15, 0.2) is 9.84 Å². The number of rotatable bonds is 4. The van der Waals surface area contributed by atoms with Gasteiger partial charge in [-0.15, -0.1) is 0 Å². The summed E-state index contributed by atoms with van der Waals surface area (Å²) in [4.78, 5) is 0. The van der Waals surface area contributed by atoms with E-state index in [9.17, 15) is 8.42 Å². The molecular weight excluding hydrogens is 266 g/mol. The maximum absolute atomic E-state index is 12.4. The van der Waals surface area contributed by atoms with Crippen molar-refractivity contribution in [3.05, 3.63) is 0 Å². The molecule has 2 atom stereocenters. The summed E-state index contributed by atoms with van der Waals surface area (Å²) < 4.78 is 36.0. The summed E-state index contributed by atoms with van der Waals surface area (Å²) in [5, 5.41) is -0.266. The van der Waals surface area contributed by atoms with Gasteiger partial charge in [-0.05, 0) is 39.0 Å². The van der Waals surface area contributed by atoms with E-state index in [-0.39, 0.29) is 22.6 Å². The molecule has 6 heteroatoms. The summed E-state index contributed by atoms with van der Waals surface area (Å²) in [6.07, 6.45) is 3.40. The third kappa shape index (κ3) is 3.90. The summed E-state index contributed by atoms with van der Waals surface area (Å²) in [5.74, 6) is 0.196. The Morgan fingerprint density at radius 1 is 1.32 bits per heavy atom. The van der Waals surface area contributed by atoms with E-state index in [0.29, 0.717) is 39.1 Å². The first-order valence-corrected chi connectivity index (χ1v) is 8.84. The van der Waals surface area contributed by atoms with Crippen LogP contribution in [0.2, 0.25) is 0 Å². The van der Waals surface area contributed by atoms with Gasteiger partial charge in [0.25, 0.3) is 0 Å². The molecule has 0 aromatic heterocycles. The molecule has 2 unspecified atom stereocenters. The number of hydrogen-bond donors (Lipinski definition) is 1. The van der Waals surface area contributed by atoms with Gasteiger partial charge in [0.1, 0.15) is 0 Å². The lowest BCUT2D eigenvalue weighted by Crippen LogP contribution is -2.48. The van der Waals surface area contributed by atoms with Crippen molar-refractivity contribution in [2.24, 2.45) is 5.73 Å². The van der Waals surface area contributed by atoms with Gasteiger partial charge in [0, 0.05) is 25.9 Å². The van der Waals surface area contributed by atoms with Crippen LogP contribution < -0.4 is 5.73 Å². The lowest BCUT2D eigenvalue weighted by atomic mass is 9.86. The maximum Gasteiger partial charge on any atom is 0.153 e. The quantitative estimate of drug-likeness (QED) is 0.831. The minimum Gasteiger partial charge on any atom is -0.381 e. The van der Waals surface area contributed by atoms with Gasteiger partial charge >= 0.3 is 0 Å². The molecule has 2 heterocycles. The van der Waals surface area contributed by atoms with Crippen molar-refractivity contribution in [2.75, 3.05) is 25.6 Å². The Morgan fingerprint density at radius 3 is 2.63 bits per heavy atom. The lowest BCUT2D eigenvalue weighted by molar-refractivity contribution is -0.132. The zero-order chi connectivity index (χ0) is 13.9. The zero-order valence-electron chi connectivity index (χ0n) is 11.6. The molecule has 112 valence electrons. The summed E-state index contributed by atoms with van der Waals surface area (Å²) in [6, 6.07) is -0.0633. The predicted octanol–water partition coefficient (Wildman–Crippen LogP) is 0.867. The van der Waals surface area contributed by atoms with Gasteiger partial charge in [-0.1, -0.05) is 0 Å². The van der Waals surface area contributed by atoms with Gasteiger partial charge in [0.2, 0.25) is 0 Å². The monoisotopic (exact) mass is 291 g/mol. The van der Waals surface area contributed by atoms with Gasteiger partial charge in [-0.25, -0.2) is 8.42 Å². The zero-order valence-corrected chi connectivity index (χ0v) is 12.5. The van der Waals surface area contributed by atoms with E-state index in [4.69, 9.17) is 15.2 Å². The molecule has 0 aromatic rings. The van der Waals surface area contributed by atoms with Crippen LogP contribution in [0, 0.1) is 0 Å². The van der Waals surface area contributed by atoms with Gasteiger partial charge in [-0.2, -0.15) is 0 Å². The van der Waals surface area contributed by atoms with E-state index in [1.165, 1.54) is 0 Å². The topological polar surface area (TPSA) is 78.6 Å². The van der Waals surface area contributed by atoms with Crippen LogP contribution in [0.1, 0.15) is 39.0 Å². The van der Waals surface area contributed by atoms with Crippen LogP contribution in [0.4, 0.5) is 0 Å². The molecule has 2 rings (SSSR count). The largest absolute Gasteiger partial charge is 0.381 e. The molecule has 2 aliphatic rings. The van der Waals surface area contributed by atoms with Crippen molar-refractivity contribution in [1.82, 2.24) is 0 Å². The molecule has 2 N–H and O–H groups in total. The van der Waals surface area contributed by atoms with E-state index < -0.39 is 9.84 Å². The smallest absolute Gasteiger partial charge is 0.153 e. The van der Waals surface area contributed by atoms with Gasteiger partial charge < -0.3 is 15.2 Å². The minimum atomic E-state index is -3.05. The van der Waals surface area contributed by atoms with Crippen molar-refractivity contribution in [1.29, 1.82) is 0 Å². The Labute approximate surface area is 115 Å². The molecule has 2 fully saturated rings. The molecule has 0 saturated carbocycles. The Bertz CT molecular complexity index is 382. The Balaban J connectivity index is 2.00. The Kier molecular flexibility index (Phi) is 4.87. The fourth-order valence-corrected chi connectivity index (χ4v) is 4.94. The van der Waals surface area contributed by atoms with Crippen LogP contribution in [0.25, 0.3) is 0 Å². The average Bonchev–Trinajstić information content (AvgIpc) is 2.37. The normalized spacial score (nSPS) is 29.3. The van der Waals surface area contributed by atoms with Crippen molar-refractivity contribution in [3.63, 3.8) is 0 Å². The van der Waals surface area contributed by atoms with Crippen LogP contribution in [0.3, 0.4) is 0 Å². The fourth-order valence-electron chi connectivity index (χ4n) is 2.90. The average molecular weight is 291 g/mol. The lowest BCUT2D eigenvalue weighted by Gasteiger charge is -2.43. The second kappa shape index (κ2) is 6.08. The third-order valence-corrected chi connectivity index (χ3v) is 6.44. The standard InChI is InChI=1S/C13H25NO4S/c1-11(14)3-9-19(15,16)12-2-6-18-13(10-12)4-7-17-8-5-13/h11-12H,2-10,14H2,1H3. The number of ether oxygens (including phenoxy) is 2. The Hall–Kier alpha value is -0.170. The highest BCUT2D eigenvalue weighted by molar-refractivity contribution is 7.92. The van der Waals surface area contributed by atoms with E-state index >= 15 is 0 Å². The molecule has 0 aliphatic carbocycles. The molecular formula is C13H25NO4S. The molecule has 0 amide bonds. The molecule has 0 aromatic carbocycles. The second-order valence-corrected chi connectivity index (χ2v) is 8.29. The first-order valence-electron chi connectivity index (χ1n) is 7.12. The van der Waals surface area contributed by atoms with E-state index in [2.05, 4.69) is 0 Å². The number of hydrogen-bond acceptors (Lipinski definition) is 5. The first-order chi connectivity index (χ1) is 8.94. The fraction of sp³-hybridized carbons (Fsp3) is 1.00. The van der Waals surface area contributed by atoms with Crippen molar-refractivity contribution in [2.45, 2.75) is 55.9 Å². The number of nitrogens with two attached hydrogens (primary N) is 1. The van der Waals surface area contributed by atoms with E-state index in [0.717, 1.165) is 12.8 Å². The summed E-state index contributed by atoms with van der Waals surface area (Å²) in [5.41, 5.74) is 5.40. The summed E-state index contributed by atoms with van der Waals surface area (Å²) in [7, 11) is -3.05. The molecule has 0 radical (unpaired) electrons. The second-order valence-electron chi connectivity index (χ2n) is 5.89. The highest BCUT2D eigenvalue weighted by Gasteiger charge is 2.42. The van der Waals surface area contributed by atoms with Crippen molar-refractivity contribution >= 4 is 9.84 Å². The first kappa shape index (κ1) is 15.2. The third-order valence-electron chi connectivity index (χ3n) is 4.22. The predicted molar refractivity (Wildman–Crippen MR) is 73.8 cm³/mol.